The number of benzene rings is 2. The Morgan fingerprint density at radius 1 is 1.29 bits per heavy atom. The quantitative estimate of drug-likeness (QED) is 0.741. The smallest absolute Gasteiger partial charge is 0.259 e. The van der Waals surface area contributed by atoms with Crippen molar-refractivity contribution in [3.8, 4) is 0 Å². The second-order valence-corrected chi connectivity index (χ2v) is 7.08. The van der Waals surface area contributed by atoms with Crippen LogP contribution in [0.1, 0.15) is 10.4 Å². The van der Waals surface area contributed by atoms with Gasteiger partial charge in [-0.25, -0.2) is 0 Å². The van der Waals surface area contributed by atoms with E-state index >= 15 is 0 Å². The topological polar surface area (TPSA) is 46.3 Å². The third kappa shape index (κ3) is 2.91. The number of hydrogen-bond acceptors (Lipinski definition) is 3. The zero-order valence-electron chi connectivity index (χ0n) is 11.0. The first-order chi connectivity index (χ1) is 10.1. The van der Waals surface area contributed by atoms with Crippen LogP contribution in [0.25, 0.3) is 0 Å². The van der Waals surface area contributed by atoms with E-state index in [2.05, 4.69) is 15.9 Å². The fraction of sp³-hybridized carbons (Fsp3) is 0.133. The van der Waals surface area contributed by atoms with Gasteiger partial charge in [-0.05, 0) is 52.3 Å². The molecule has 0 aliphatic carbocycles. The van der Waals surface area contributed by atoms with E-state index in [1.54, 1.807) is 34.9 Å². The molecule has 0 radical (unpaired) electrons. The molecule has 1 aliphatic rings. The van der Waals surface area contributed by atoms with Crippen LogP contribution in [0, 0.1) is 0 Å². The van der Waals surface area contributed by atoms with Crippen LogP contribution in [0.3, 0.4) is 0 Å². The van der Waals surface area contributed by atoms with Crippen molar-refractivity contribution in [1.29, 1.82) is 0 Å². The van der Waals surface area contributed by atoms with E-state index in [-0.39, 0.29) is 5.91 Å². The maximum atomic E-state index is 12.8. The van der Waals surface area contributed by atoms with Crippen LogP contribution >= 0.6 is 39.3 Å². The summed E-state index contributed by atoms with van der Waals surface area (Å²) in [7, 11) is 0. The van der Waals surface area contributed by atoms with Gasteiger partial charge in [0.25, 0.3) is 5.91 Å². The SMILES string of the molecule is Nc1ccc2c(c1)N(C(=O)c1ccc(Cl)cc1Br)CCS2. The van der Waals surface area contributed by atoms with Crippen LogP contribution in [-0.4, -0.2) is 18.2 Å². The molecule has 0 unspecified atom stereocenters. The Bertz CT molecular complexity index is 723. The van der Waals surface area contributed by atoms with Gasteiger partial charge in [0.2, 0.25) is 0 Å². The summed E-state index contributed by atoms with van der Waals surface area (Å²) < 4.78 is 0.698. The molecule has 2 aromatic rings. The third-order valence-corrected chi connectivity index (χ3v) is 5.19. The minimum absolute atomic E-state index is 0.0503. The van der Waals surface area contributed by atoms with Crippen LogP contribution in [0.15, 0.2) is 45.8 Å². The van der Waals surface area contributed by atoms with Gasteiger partial charge in [0.15, 0.2) is 0 Å². The summed E-state index contributed by atoms with van der Waals surface area (Å²) in [4.78, 5) is 15.7. The number of rotatable bonds is 1. The van der Waals surface area contributed by atoms with Crippen molar-refractivity contribution >= 4 is 56.6 Å². The van der Waals surface area contributed by atoms with E-state index in [0.717, 1.165) is 16.3 Å². The maximum absolute atomic E-state index is 12.8. The Hall–Kier alpha value is -1.17. The number of carbonyl (C=O) groups is 1. The highest BCUT2D eigenvalue weighted by Gasteiger charge is 2.25. The van der Waals surface area contributed by atoms with Gasteiger partial charge in [-0.15, -0.1) is 11.8 Å². The maximum Gasteiger partial charge on any atom is 0.259 e. The summed E-state index contributed by atoms with van der Waals surface area (Å²) in [5, 5.41) is 0.595. The molecule has 0 saturated carbocycles. The molecule has 6 heteroatoms. The molecule has 3 rings (SSSR count). The van der Waals surface area contributed by atoms with E-state index in [0.29, 0.717) is 27.3 Å². The van der Waals surface area contributed by atoms with Crippen LogP contribution in [0.5, 0.6) is 0 Å². The minimum atomic E-state index is -0.0503. The predicted octanol–water partition coefficient (Wildman–Crippen LogP) is 4.44. The summed E-state index contributed by atoms with van der Waals surface area (Å²) >= 11 is 11.1. The number of hydrogen-bond donors (Lipinski definition) is 1. The summed E-state index contributed by atoms with van der Waals surface area (Å²) in [6.07, 6.45) is 0. The summed E-state index contributed by atoms with van der Waals surface area (Å²) in [5.74, 6) is 0.819. The van der Waals surface area contributed by atoms with Gasteiger partial charge < -0.3 is 10.6 Å². The summed E-state index contributed by atoms with van der Waals surface area (Å²) in [5.41, 5.74) is 7.99. The molecule has 108 valence electrons. The molecule has 0 fully saturated rings. The number of fused-ring (bicyclic) bond motifs is 1. The lowest BCUT2D eigenvalue weighted by atomic mass is 10.1. The van der Waals surface area contributed by atoms with Crippen LogP contribution < -0.4 is 10.6 Å². The van der Waals surface area contributed by atoms with Crippen LogP contribution in [-0.2, 0) is 0 Å². The molecular formula is C15H12BrClN2OS. The highest BCUT2D eigenvalue weighted by molar-refractivity contribution is 9.10. The number of thioether (sulfide) groups is 1. The number of nitrogens with two attached hydrogens (primary N) is 1. The molecule has 0 saturated heterocycles. The first kappa shape index (κ1) is 14.8. The van der Waals surface area contributed by atoms with Gasteiger partial charge >= 0.3 is 0 Å². The highest BCUT2D eigenvalue weighted by Crippen LogP contribution is 2.37. The van der Waals surface area contributed by atoms with Gasteiger partial charge in [0, 0.05) is 32.4 Å². The molecule has 21 heavy (non-hydrogen) atoms. The normalized spacial score (nSPS) is 13.9. The van der Waals surface area contributed by atoms with Crippen LogP contribution in [0.2, 0.25) is 5.02 Å². The third-order valence-electron chi connectivity index (χ3n) is 3.25. The number of carbonyl (C=O) groups excluding carboxylic acids is 1. The Morgan fingerprint density at radius 3 is 2.86 bits per heavy atom. The van der Waals surface area contributed by atoms with Crippen molar-refractivity contribution in [2.75, 3.05) is 22.9 Å². The number of amides is 1. The van der Waals surface area contributed by atoms with E-state index in [1.165, 1.54) is 0 Å². The number of anilines is 2. The second kappa shape index (κ2) is 5.91. The monoisotopic (exact) mass is 382 g/mol. The average Bonchev–Trinajstić information content (AvgIpc) is 2.46. The van der Waals surface area contributed by atoms with Crippen molar-refractivity contribution in [3.05, 3.63) is 51.5 Å². The zero-order valence-corrected chi connectivity index (χ0v) is 14.1. The van der Waals surface area contributed by atoms with Gasteiger partial charge in [-0.2, -0.15) is 0 Å². The molecule has 2 N–H and O–H groups in total. The van der Waals surface area contributed by atoms with E-state index in [1.807, 2.05) is 18.2 Å². The average molecular weight is 384 g/mol. The van der Waals surface area contributed by atoms with E-state index < -0.39 is 0 Å². The first-order valence-corrected chi connectivity index (χ1v) is 8.51. The molecule has 0 bridgehead atoms. The van der Waals surface area contributed by atoms with Crippen molar-refractivity contribution in [1.82, 2.24) is 0 Å². The van der Waals surface area contributed by atoms with Crippen molar-refractivity contribution < 1.29 is 4.79 Å². The largest absolute Gasteiger partial charge is 0.399 e. The first-order valence-electron chi connectivity index (χ1n) is 6.35. The molecule has 2 aromatic carbocycles. The molecule has 0 spiro atoms. The lowest BCUT2D eigenvalue weighted by Crippen LogP contribution is -2.35. The molecule has 3 nitrogen and oxygen atoms in total. The molecule has 1 amide bonds. The minimum Gasteiger partial charge on any atom is -0.399 e. The number of nitrogen functional groups attached to an aromatic ring is 1. The lowest BCUT2D eigenvalue weighted by Gasteiger charge is -2.29. The molecule has 1 heterocycles. The molecule has 1 aliphatic heterocycles. The highest BCUT2D eigenvalue weighted by atomic mass is 79.9. The predicted molar refractivity (Wildman–Crippen MR) is 92.4 cm³/mol. The Kier molecular flexibility index (Phi) is 4.15. The van der Waals surface area contributed by atoms with Crippen LogP contribution in [0.4, 0.5) is 11.4 Å². The fourth-order valence-corrected chi connectivity index (χ4v) is 4.08. The van der Waals surface area contributed by atoms with Gasteiger partial charge in [-0.1, -0.05) is 11.6 Å². The Labute approximate surface area is 140 Å². The number of halogens is 2. The Morgan fingerprint density at radius 2 is 2.10 bits per heavy atom. The van der Waals surface area contributed by atoms with Gasteiger partial charge in [0.1, 0.15) is 0 Å². The van der Waals surface area contributed by atoms with Crippen molar-refractivity contribution in [2.24, 2.45) is 0 Å². The van der Waals surface area contributed by atoms with Gasteiger partial charge in [-0.3, -0.25) is 4.79 Å². The van der Waals surface area contributed by atoms with Crippen molar-refractivity contribution in [2.45, 2.75) is 4.90 Å². The molecule has 0 atom stereocenters. The lowest BCUT2D eigenvalue weighted by molar-refractivity contribution is 0.0987. The summed E-state index contributed by atoms with van der Waals surface area (Å²) in [6.45, 7) is 0.662. The number of nitrogens with zero attached hydrogens (tertiary/aromatic N) is 1. The zero-order chi connectivity index (χ0) is 15.0. The Balaban J connectivity index is 2.02. The summed E-state index contributed by atoms with van der Waals surface area (Å²) in [6, 6.07) is 10.9. The van der Waals surface area contributed by atoms with E-state index in [9.17, 15) is 4.79 Å². The van der Waals surface area contributed by atoms with E-state index in [4.69, 9.17) is 17.3 Å². The molecular weight excluding hydrogens is 372 g/mol. The van der Waals surface area contributed by atoms with Gasteiger partial charge in [0.05, 0.1) is 11.3 Å². The second-order valence-electron chi connectivity index (χ2n) is 4.66. The van der Waals surface area contributed by atoms with Crippen molar-refractivity contribution in [3.63, 3.8) is 0 Å². The fourth-order valence-electron chi connectivity index (χ4n) is 2.25. The molecule has 0 aromatic heterocycles. The standard InChI is InChI=1S/C15H12BrClN2OS/c16-12-7-9(17)1-3-11(12)15(20)19-5-6-21-14-4-2-10(18)8-13(14)19/h1-4,7-8H,5-6,18H2.